The molecule has 2 aromatic carbocycles. The zero-order chi connectivity index (χ0) is 18.5. The molecule has 0 saturated carbocycles. The third-order valence-electron chi connectivity index (χ3n) is 4.78. The molecule has 2 aromatic rings. The monoisotopic (exact) mass is 350 g/mol. The van der Waals surface area contributed by atoms with E-state index in [9.17, 15) is 9.59 Å². The maximum atomic E-state index is 12.0. The summed E-state index contributed by atoms with van der Waals surface area (Å²) in [5.41, 5.74) is 4.47. The van der Waals surface area contributed by atoms with Gasteiger partial charge in [-0.05, 0) is 55.0 Å². The van der Waals surface area contributed by atoms with E-state index in [0.717, 1.165) is 42.6 Å². The quantitative estimate of drug-likeness (QED) is 0.888. The first-order chi connectivity index (χ1) is 12.5. The van der Waals surface area contributed by atoms with E-state index in [2.05, 4.69) is 41.7 Å². The lowest BCUT2D eigenvalue weighted by Crippen LogP contribution is -2.35. The number of rotatable bonds is 5. The van der Waals surface area contributed by atoms with Gasteiger partial charge in [0.05, 0.1) is 0 Å². The third kappa shape index (κ3) is 4.51. The van der Waals surface area contributed by atoms with Gasteiger partial charge in [-0.1, -0.05) is 36.4 Å². The number of hydrogen-bond acceptors (Lipinski definition) is 2. The second-order valence-electron chi connectivity index (χ2n) is 7.05. The third-order valence-corrected chi connectivity index (χ3v) is 4.78. The van der Waals surface area contributed by atoms with Gasteiger partial charge >= 0.3 is 0 Å². The molecule has 4 heteroatoms. The largest absolute Gasteiger partial charge is 0.354 e. The molecule has 26 heavy (non-hydrogen) atoms. The maximum absolute atomic E-state index is 12.0. The van der Waals surface area contributed by atoms with Crippen LogP contribution in [0.25, 0.3) is 11.1 Å². The van der Waals surface area contributed by atoms with Crippen molar-refractivity contribution in [2.75, 3.05) is 11.4 Å². The number of piperidine rings is 1. The molecular weight excluding hydrogens is 324 g/mol. The Morgan fingerprint density at radius 1 is 1.04 bits per heavy atom. The van der Waals surface area contributed by atoms with Gasteiger partial charge in [0.25, 0.3) is 0 Å². The highest BCUT2D eigenvalue weighted by atomic mass is 16.2. The lowest BCUT2D eigenvalue weighted by atomic mass is 10.0. The predicted octanol–water partition coefficient (Wildman–Crippen LogP) is 3.94. The van der Waals surface area contributed by atoms with Crippen molar-refractivity contribution in [1.29, 1.82) is 0 Å². The first kappa shape index (κ1) is 18.2. The lowest BCUT2D eigenvalue weighted by molar-refractivity contribution is -0.120. The van der Waals surface area contributed by atoms with E-state index in [1.165, 1.54) is 5.56 Å². The summed E-state index contributed by atoms with van der Waals surface area (Å²) in [4.78, 5) is 25.0. The summed E-state index contributed by atoms with van der Waals surface area (Å²) in [7, 11) is 0. The molecule has 1 unspecified atom stereocenters. The molecular formula is C22H26N2O2. The van der Waals surface area contributed by atoms with Crippen molar-refractivity contribution in [1.82, 2.24) is 5.32 Å². The van der Waals surface area contributed by atoms with Crippen LogP contribution >= 0.6 is 0 Å². The molecule has 1 fully saturated rings. The molecule has 1 aliphatic heterocycles. The number of amides is 2. The van der Waals surface area contributed by atoms with Crippen molar-refractivity contribution in [2.24, 2.45) is 0 Å². The van der Waals surface area contributed by atoms with Crippen LogP contribution < -0.4 is 10.2 Å². The van der Waals surface area contributed by atoms with E-state index in [1.807, 2.05) is 24.0 Å². The fraction of sp³-hybridized carbons (Fsp3) is 0.364. The predicted molar refractivity (Wildman–Crippen MR) is 105 cm³/mol. The van der Waals surface area contributed by atoms with E-state index in [4.69, 9.17) is 0 Å². The highest BCUT2D eigenvalue weighted by Crippen LogP contribution is 2.26. The van der Waals surface area contributed by atoms with Crippen LogP contribution in [0, 0.1) is 0 Å². The van der Waals surface area contributed by atoms with Gasteiger partial charge in [-0.2, -0.15) is 0 Å². The first-order valence-electron chi connectivity index (χ1n) is 9.30. The molecule has 1 aliphatic rings. The lowest BCUT2D eigenvalue weighted by Gasteiger charge is -2.26. The van der Waals surface area contributed by atoms with Gasteiger partial charge in [0.15, 0.2) is 0 Å². The summed E-state index contributed by atoms with van der Waals surface area (Å²) < 4.78 is 0. The van der Waals surface area contributed by atoms with Crippen molar-refractivity contribution < 1.29 is 9.59 Å². The second kappa shape index (κ2) is 8.17. The highest BCUT2D eigenvalue weighted by Gasteiger charge is 2.19. The Morgan fingerprint density at radius 2 is 1.65 bits per heavy atom. The second-order valence-corrected chi connectivity index (χ2v) is 7.05. The van der Waals surface area contributed by atoms with Gasteiger partial charge in [-0.25, -0.2) is 0 Å². The average Bonchev–Trinajstić information content (AvgIpc) is 2.62. The van der Waals surface area contributed by atoms with E-state index in [-0.39, 0.29) is 17.9 Å². The summed E-state index contributed by atoms with van der Waals surface area (Å²) in [6.07, 6.45) is 3.54. The van der Waals surface area contributed by atoms with Crippen molar-refractivity contribution in [3.63, 3.8) is 0 Å². The molecule has 1 heterocycles. The van der Waals surface area contributed by atoms with Crippen LogP contribution in [0.5, 0.6) is 0 Å². The van der Waals surface area contributed by atoms with Crippen molar-refractivity contribution >= 4 is 17.5 Å². The average molecular weight is 350 g/mol. The summed E-state index contributed by atoms with van der Waals surface area (Å²) >= 11 is 0. The fourth-order valence-electron chi connectivity index (χ4n) is 3.50. The van der Waals surface area contributed by atoms with Crippen LogP contribution in [-0.4, -0.2) is 24.4 Å². The van der Waals surface area contributed by atoms with Crippen LogP contribution in [0.4, 0.5) is 5.69 Å². The number of hydrogen-bond donors (Lipinski definition) is 1. The molecule has 0 spiro atoms. The SMILES string of the molecule is CC(=O)NC(C)Cc1ccc(-c2ccc(N3CCCCC3=O)cc2)cc1. The summed E-state index contributed by atoms with van der Waals surface area (Å²) in [6, 6.07) is 16.8. The number of benzene rings is 2. The molecule has 0 radical (unpaired) electrons. The number of nitrogens with one attached hydrogen (secondary N) is 1. The summed E-state index contributed by atoms with van der Waals surface area (Å²) in [6.45, 7) is 4.37. The van der Waals surface area contributed by atoms with Crippen LogP contribution in [0.15, 0.2) is 48.5 Å². The van der Waals surface area contributed by atoms with Crippen molar-refractivity contribution in [2.45, 2.75) is 45.6 Å². The van der Waals surface area contributed by atoms with Gasteiger partial charge in [0, 0.05) is 31.6 Å². The molecule has 0 aliphatic carbocycles. The van der Waals surface area contributed by atoms with E-state index < -0.39 is 0 Å². The van der Waals surface area contributed by atoms with Gasteiger partial charge in [0.1, 0.15) is 0 Å². The Bertz CT molecular complexity index is 766. The van der Waals surface area contributed by atoms with E-state index in [0.29, 0.717) is 6.42 Å². The minimum atomic E-state index is 0.00129. The Balaban J connectivity index is 1.67. The standard InChI is InChI=1S/C22H26N2O2/c1-16(23-17(2)25)15-18-6-8-19(9-7-18)20-10-12-21(13-11-20)24-14-4-3-5-22(24)26/h6-13,16H,3-5,14-15H2,1-2H3,(H,23,25). The zero-order valence-electron chi connectivity index (χ0n) is 15.5. The molecule has 1 atom stereocenters. The van der Waals surface area contributed by atoms with Gasteiger partial charge < -0.3 is 10.2 Å². The summed E-state index contributed by atoms with van der Waals surface area (Å²) in [5.74, 6) is 0.225. The maximum Gasteiger partial charge on any atom is 0.226 e. The number of anilines is 1. The van der Waals surface area contributed by atoms with E-state index in [1.54, 1.807) is 6.92 Å². The normalized spacial score (nSPS) is 15.6. The van der Waals surface area contributed by atoms with Crippen molar-refractivity contribution in [3.05, 3.63) is 54.1 Å². The highest BCUT2D eigenvalue weighted by molar-refractivity contribution is 5.94. The van der Waals surface area contributed by atoms with Crippen LogP contribution in [-0.2, 0) is 16.0 Å². The molecule has 0 bridgehead atoms. The molecule has 2 amide bonds. The minimum Gasteiger partial charge on any atom is -0.354 e. The smallest absolute Gasteiger partial charge is 0.226 e. The molecule has 136 valence electrons. The molecule has 4 nitrogen and oxygen atoms in total. The zero-order valence-corrected chi connectivity index (χ0v) is 15.5. The Hall–Kier alpha value is -2.62. The van der Waals surface area contributed by atoms with Crippen LogP contribution in [0.3, 0.4) is 0 Å². The molecule has 0 aromatic heterocycles. The van der Waals surface area contributed by atoms with Gasteiger partial charge in [-0.3, -0.25) is 9.59 Å². The molecule has 3 rings (SSSR count). The minimum absolute atomic E-state index is 0.00129. The Morgan fingerprint density at radius 3 is 2.23 bits per heavy atom. The number of carbonyl (C=O) groups excluding carboxylic acids is 2. The van der Waals surface area contributed by atoms with Crippen LogP contribution in [0.2, 0.25) is 0 Å². The van der Waals surface area contributed by atoms with Crippen molar-refractivity contribution in [3.8, 4) is 11.1 Å². The topological polar surface area (TPSA) is 49.4 Å². The van der Waals surface area contributed by atoms with Gasteiger partial charge in [0.2, 0.25) is 11.8 Å². The van der Waals surface area contributed by atoms with E-state index >= 15 is 0 Å². The fourth-order valence-corrected chi connectivity index (χ4v) is 3.50. The summed E-state index contributed by atoms with van der Waals surface area (Å²) in [5, 5.41) is 2.91. The molecule has 1 N–H and O–H groups in total. The number of carbonyl (C=O) groups is 2. The Labute approximate surface area is 155 Å². The first-order valence-corrected chi connectivity index (χ1v) is 9.30. The Kier molecular flexibility index (Phi) is 5.71. The number of nitrogens with zero attached hydrogens (tertiary/aromatic N) is 1. The van der Waals surface area contributed by atoms with Crippen LogP contribution in [0.1, 0.15) is 38.7 Å². The van der Waals surface area contributed by atoms with Gasteiger partial charge in [-0.15, -0.1) is 0 Å². The molecule has 1 saturated heterocycles.